The Morgan fingerprint density at radius 2 is 1.84 bits per heavy atom. The first kappa shape index (κ1) is 23.6. The quantitative estimate of drug-likeness (QED) is 0.378. The predicted octanol–water partition coefficient (Wildman–Crippen LogP) is 5.22. The summed E-state index contributed by atoms with van der Waals surface area (Å²) >= 11 is 0. The van der Waals surface area contributed by atoms with E-state index in [1.807, 2.05) is 38.1 Å². The van der Waals surface area contributed by atoms with Gasteiger partial charge in [-0.25, -0.2) is 4.79 Å². The highest BCUT2D eigenvalue weighted by atomic mass is 16.5. The molecule has 1 aliphatic rings. The van der Waals surface area contributed by atoms with E-state index in [0.29, 0.717) is 18.7 Å². The number of ether oxygens (including phenoxy) is 3. The maximum Gasteiger partial charge on any atom is 0.336 e. The van der Waals surface area contributed by atoms with Crippen LogP contribution >= 0.6 is 0 Å². The van der Waals surface area contributed by atoms with E-state index in [4.69, 9.17) is 14.2 Å². The first-order chi connectivity index (χ1) is 15.6. The maximum absolute atomic E-state index is 13.0. The summed E-state index contributed by atoms with van der Waals surface area (Å²) in [4.78, 5) is 15.1. The molecular weight excluding hydrogens is 402 g/mol. The molecule has 1 aliphatic heterocycles. The number of nitrogens with zero attached hydrogens (tertiary/aromatic N) is 1. The Morgan fingerprint density at radius 3 is 2.53 bits per heavy atom. The van der Waals surface area contributed by atoms with Crippen molar-refractivity contribution in [1.82, 2.24) is 4.90 Å². The molecule has 0 bridgehead atoms. The lowest BCUT2D eigenvalue weighted by Crippen LogP contribution is -2.26. The summed E-state index contributed by atoms with van der Waals surface area (Å²) in [6.45, 7) is 5.59. The number of hydrogen-bond acceptors (Lipinski definition) is 5. The number of esters is 1. The second kappa shape index (κ2) is 11.5. The van der Waals surface area contributed by atoms with Crippen molar-refractivity contribution < 1.29 is 19.0 Å². The molecule has 0 spiro atoms. The van der Waals surface area contributed by atoms with Gasteiger partial charge in [0.15, 0.2) is 0 Å². The molecule has 0 fully saturated rings. The highest BCUT2D eigenvalue weighted by molar-refractivity contribution is 5.92. The Morgan fingerprint density at radius 1 is 1.06 bits per heavy atom. The van der Waals surface area contributed by atoms with Gasteiger partial charge < -0.3 is 19.1 Å². The molecule has 0 N–H and O–H groups in total. The zero-order chi connectivity index (χ0) is 22.9. The fraction of sp³-hybridized carbons (Fsp3) is 0.370. The first-order valence-electron chi connectivity index (χ1n) is 11.1. The first-order valence-corrected chi connectivity index (χ1v) is 11.1. The number of carbonyl (C=O) groups excluding carboxylic acids is 1. The summed E-state index contributed by atoms with van der Waals surface area (Å²) in [6.07, 6.45) is 6.08. The number of aryl methyl sites for hydroxylation is 1. The van der Waals surface area contributed by atoms with Crippen molar-refractivity contribution in [1.29, 1.82) is 0 Å². The number of hydrogen-bond donors (Lipinski definition) is 0. The highest BCUT2D eigenvalue weighted by Crippen LogP contribution is 2.35. The van der Waals surface area contributed by atoms with Crippen molar-refractivity contribution in [2.45, 2.75) is 39.2 Å². The average molecular weight is 436 g/mol. The van der Waals surface area contributed by atoms with E-state index in [2.05, 4.69) is 41.4 Å². The van der Waals surface area contributed by atoms with Crippen molar-refractivity contribution in [3.8, 4) is 5.75 Å². The van der Waals surface area contributed by atoms with Crippen LogP contribution in [-0.4, -0.2) is 38.3 Å². The van der Waals surface area contributed by atoms with Crippen molar-refractivity contribution >= 4 is 5.97 Å². The lowest BCUT2D eigenvalue weighted by Gasteiger charge is -2.31. The van der Waals surface area contributed by atoms with E-state index >= 15 is 0 Å². The van der Waals surface area contributed by atoms with Gasteiger partial charge in [-0.2, -0.15) is 0 Å². The van der Waals surface area contributed by atoms with Gasteiger partial charge in [-0.05, 0) is 55.5 Å². The maximum atomic E-state index is 13.0. The second-order valence-electron chi connectivity index (χ2n) is 7.86. The van der Waals surface area contributed by atoms with Gasteiger partial charge in [0, 0.05) is 38.1 Å². The molecule has 0 amide bonds. The van der Waals surface area contributed by atoms with Crippen molar-refractivity contribution in [2.24, 2.45) is 0 Å². The van der Waals surface area contributed by atoms with Gasteiger partial charge in [0.05, 0.1) is 19.3 Å². The van der Waals surface area contributed by atoms with Crippen LogP contribution in [0.5, 0.6) is 5.75 Å². The Kier molecular flexibility index (Phi) is 8.51. The number of rotatable bonds is 10. The normalized spacial score (nSPS) is 15.8. The van der Waals surface area contributed by atoms with Crippen LogP contribution in [0.3, 0.4) is 0 Å². The van der Waals surface area contributed by atoms with E-state index in [-0.39, 0.29) is 11.9 Å². The highest BCUT2D eigenvalue weighted by Gasteiger charge is 2.29. The fourth-order valence-electron chi connectivity index (χ4n) is 4.00. The van der Waals surface area contributed by atoms with Gasteiger partial charge in [0.1, 0.15) is 5.75 Å². The minimum absolute atomic E-state index is 0.136. The smallest absolute Gasteiger partial charge is 0.336 e. The Balaban J connectivity index is 1.88. The fourth-order valence-corrected chi connectivity index (χ4v) is 4.00. The second-order valence-corrected chi connectivity index (χ2v) is 7.86. The molecule has 0 aliphatic carbocycles. The van der Waals surface area contributed by atoms with Crippen LogP contribution in [0.15, 0.2) is 72.1 Å². The summed E-state index contributed by atoms with van der Waals surface area (Å²) in [5.41, 5.74) is 5.09. The number of methoxy groups -OCH3 is 2. The summed E-state index contributed by atoms with van der Waals surface area (Å²) in [5.74, 6) is 0.431. The molecule has 1 heterocycles. The molecular formula is C27H33NO4. The molecule has 2 aromatic carbocycles. The van der Waals surface area contributed by atoms with E-state index in [9.17, 15) is 4.79 Å². The van der Waals surface area contributed by atoms with E-state index < -0.39 is 0 Å². The summed E-state index contributed by atoms with van der Waals surface area (Å²) < 4.78 is 15.9. The Hall–Kier alpha value is -3.05. The topological polar surface area (TPSA) is 48.0 Å². The number of carbonyl (C=O) groups is 1. The lowest BCUT2D eigenvalue weighted by atomic mass is 9.86. The van der Waals surface area contributed by atoms with E-state index in [1.54, 1.807) is 14.2 Å². The standard InChI is InChI=1S/C27H33NO4/c1-5-32-27(29)26-20(2)28(19-22-11-13-24(31-4)14-12-22)16-15-25(26)23-10-6-8-21(18-23)9-7-17-30-3/h6,8,10-16,18,25H,5,7,9,17,19H2,1-4H3. The summed E-state index contributed by atoms with van der Waals surface area (Å²) in [6, 6.07) is 16.4. The SMILES string of the molecule is CCOC(=O)C1=C(C)N(Cc2ccc(OC)cc2)C=CC1c1cccc(CCCOC)c1. The number of benzene rings is 2. The third-order valence-corrected chi connectivity index (χ3v) is 5.72. The monoisotopic (exact) mass is 435 g/mol. The average Bonchev–Trinajstić information content (AvgIpc) is 2.81. The molecule has 1 unspecified atom stereocenters. The minimum Gasteiger partial charge on any atom is -0.497 e. The molecule has 1 atom stereocenters. The van der Waals surface area contributed by atoms with Gasteiger partial charge in [-0.3, -0.25) is 0 Å². The lowest BCUT2D eigenvalue weighted by molar-refractivity contribution is -0.138. The third kappa shape index (κ3) is 5.80. The van der Waals surface area contributed by atoms with Crippen LogP contribution in [0.25, 0.3) is 0 Å². The van der Waals surface area contributed by atoms with Gasteiger partial charge in [0.25, 0.3) is 0 Å². The van der Waals surface area contributed by atoms with Gasteiger partial charge >= 0.3 is 5.97 Å². The Labute approximate surface area is 191 Å². The zero-order valence-electron chi connectivity index (χ0n) is 19.5. The van der Waals surface area contributed by atoms with E-state index in [1.165, 1.54) is 5.56 Å². The molecule has 0 saturated carbocycles. The molecule has 0 aromatic heterocycles. The molecule has 2 aromatic rings. The molecule has 0 radical (unpaired) electrons. The van der Waals surface area contributed by atoms with Crippen LogP contribution in [0, 0.1) is 0 Å². The van der Waals surface area contributed by atoms with Crippen molar-refractivity contribution in [2.75, 3.05) is 27.4 Å². The van der Waals surface area contributed by atoms with Crippen LogP contribution in [0.1, 0.15) is 42.9 Å². The van der Waals surface area contributed by atoms with Crippen LogP contribution in [-0.2, 0) is 27.2 Å². The van der Waals surface area contributed by atoms with Crippen LogP contribution in [0.2, 0.25) is 0 Å². The Bertz CT molecular complexity index is 962. The minimum atomic E-state index is -0.260. The molecule has 5 heteroatoms. The number of allylic oxidation sites excluding steroid dienone is 2. The van der Waals surface area contributed by atoms with Crippen molar-refractivity contribution in [3.05, 3.63) is 88.8 Å². The predicted molar refractivity (Wildman–Crippen MR) is 126 cm³/mol. The van der Waals surface area contributed by atoms with Crippen molar-refractivity contribution in [3.63, 3.8) is 0 Å². The van der Waals surface area contributed by atoms with Gasteiger partial charge in [0.2, 0.25) is 0 Å². The van der Waals surface area contributed by atoms with E-state index in [0.717, 1.165) is 42.0 Å². The van der Waals surface area contributed by atoms with Crippen LogP contribution in [0.4, 0.5) is 0 Å². The summed E-state index contributed by atoms with van der Waals surface area (Å²) in [5, 5.41) is 0. The zero-order valence-corrected chi connectivity index (χ0v) is 19.5. The molecule has 170 valence electrons. The molecule has 5 nitrogen and oxygen atoms in total. The molecule has 3 rings (SSSR count). The molecule has 0 saturated heterocycles. The van der Waals surface area contributed by atoms with Gasteiger partial charge in [-0.1, -0.05) is 42.5 Å². The molecule has 32 heavy (non-hydrogen) atoms. The third-order valence-electron chi connectivity index (χ3n) is 5.72. The summed E-state index contributed by atoms with van der Waals surface area (Å²) in [7, 11) is 3.38. The van der Waals surface area contributed by atoms with Gasteiger partial charge in [-0.15, -0.1) is 0 Å². The largest absolute Gasteiger partial charge is 0.497 e. The van der Waals surface area contributed by atoms with Crippen LogP contribution < -0.4 is 4.74 Å².